The maximum Gasteiger partial charge on any atom is 0.253 e. The third kappa shape index (κ3) is 3.60. The highest BCUT2D eigenvalue weighted by Crippen LogP contribution is 2.25. The van der Waals surface area contributed by atoms with Gasteiger partial charge in [-0.2, -0.15) is 0 Å². The molecular weight excluding hydrogens is 318 g/mol. The topological polar surface area (TPSA) is 58.8 Å². The molecule has 0 aliphatic carbocycles. The summed E-state index contributed by atoms with van der Waals surface area (Å²) in [6, 6.07) is 11.5. The van der Waals surface area contributed by atoms with Crippen LogP contribution in [-0.2, 0) is 11.3 Å². The van der Waals surface area contributed by atoms with Crippen LogP contribution in [0, 0.1) is 12.8 Å². The van der Waals surface area contributed by atoms with Gasteiger partial charge in [0.1, 0.15) is 5.76 Å². The molecular formula is C19H23N3O3. The van der Waals surface area contributed by atoms with E-state index in [9.17, 15) is 4.79 Å². The van der Waals surface area contributed by atoms with Crippen molar-refractivity contribution < 1.29 is 14.1 Å². The summed E-state index contributed by atoms with van der Waals surface area (Å²) < 4.78 is 11.2. The van der Waals surface area contributed by atoms with Crippen molar-refractivity contribution in [3.63, 3.8) is 0 Å². The zero-order chi connectivity index (χ0) is 17.2. The second-order valence-corrected chi connectivity index (χ2v) is 6.91. The lowest BCUT2D eigenvalue weighted by molar-refractivity contribution is 0.0500. The minimum Gasteiger partial charge on any atom is -0.375 e. The predicted molar refractivity (Wildman–Crippen MR) is 92.1 cm³/mol. The highest BCUT2D eigenvalue weighted by atomic mass is 16.5. The number of ether oxygens (including phenoxy) is 1. The lowest BCUT2D eigenvalue weighted by Crippen LogP contribution is -2.37. The summed E-state index contributed by atoms with van der Waals surface area (Å²) in [5.41, 5.74) is 1.69. The van der Waals surface area contributed by atoms with Gasteiger partial charge in [-0.05, 0) is 19.1 Å². The Kier molecular flexibility index (Phi) is 4.55. The van der Waals surface area contributed by atoms with Crippen molar-refractivity contribution in [2.75, 3.05) is 32.8 Å². The summed E-state index contributed by atoms with van der Waals surface area (Å²) >= 11 is 0. The van der Waals surface area contributed by atoms with Gasteiger partial charge in [-0.3, -0.25) is 9.69 Å². The molecule has 0 spiro atoms. The molecule has 0 bridgehead atoms. The first kappa shape index (κ1) is 16.3. The van der Waals surface area contributed by atoms with E-state index in [0.717, 1.165) is 43.2 Å². The molecule has 1 aromatic carbocycles. The van der Waals surface area contributed by atoms with Crippen molar-refractivity contribution in [2.45, 2.75) is 19.6 Å². The molecule has 3 heterocycles. The van der Waals surface area contributed by atoms with Gasteiger partial charge in [0.05, 0.1) is 18.4 Å². The molecule has 2 saturated heterocycles. The van der Waals surface area contributed by atoms with Crippen LogP contribution in [0.5, 0.6) is 0 Å². The van der Waals surface area contributed by atoms with Crippen LogP contribution in [0.2, 0.25) is 0 Å². The van der Waals surface area contributed by atoms with Gasteiger partial charge in [0.2, 0.25) is 0 Å². The summed E-state index contributed by atoms with van der Waals surface area (Å²) in [6.07, 6.45) is 0.182. The smallest absolute Gasteiger partial charge is 0.253 e. The Bertz CT molecular complexity index is 731. The summed E-state index contributed by atoms with van der Waals surface area (Å²) in [7, 11) is 0. The van der Waals surface area contributed by atoms with Crippen LogP contribution in [-0.4, -0.2) is 59.8 Å². The van der Waals surface area contributed by atoms with Gasteiger partial charge in [0.25, 0.3) is 5.91 Å². The van der Waals surface area contributed by atoms with E-state index in [1.54, 1.807) is 0 Å². The quantitative estimate of drug-likeness (QED) is 0.854. The fraction of sp³-hybridized carbons (Fsp3) is 0.474. The molecule has 25 heavy (non-hydrogen) atoms. The van der Waals surface area contributed by atoms with E-state index in [4.69, 9.17) is 9.26 Å². The number of hydrogen-bond acceptors (Lipinski definition) is 5. The van der Waals surface area contributed by atoms with Gasteiger partial charge < -0.3 is 14.2 Å². The van der Waals surface area contributed by atoms with Crippen LogP contribution in [0.1, 0.15) is 21.8 Å². The van der Waals surface area contributed by atoms with Crippen molar-refractivity contribution in [2.24, 2.45) is 5.92 Å². The molecule has 0 unspecified atom stereocenters. The minimum absolute atomic E-state index is 0.0930. The molecule has 1 amide bonds. The Morgan fingerprint density at radius 1 is 1.24 bits per heavy atom. The second-order valence-electron chi connectivity index (χ2n) is 6.91. The molecule has 6 nitrogen and oxygen atoms in total. The Morgan fingerprint density at radius 3 is 2.84 bits per heavy atom. The summed E-state index contributed by atoms with van der Waals surface area (Å²) in [5.74, 6) is 1.26. The van der Waals surface area contributed by atoms with E-state index >= 15 is 0 Å². The average Bonchev–Trinajstić information content (AvgIpc) is 3.14. The fourth-order valence-corrected chi connectivity index (χ4v) is 3.78. The number of nitrogens with zero attached hydrogens (tertiary/aromatic N) is 3. The predicted octanol–water partition coefficient (Wildman–Crippen LogP) is 1.96. The van der Waals surface area contributed by atoms with Crippen molar-refractivity contribution in [3.8, 4) is 0 Å². The summed E-state index contributed by atoms with van der Waals surface area (Å²) in [5, 5.41) is 4.08. The maximum atomic E-state index is 12.8. The number of amides is 1. The van der Waals surface area contributed by atoms with E-state index in [2.05, 4.69) is 10.1 Å². The van der Waals surface area contributed by atoms with E-state index in [1.165, 1.54) is 0 Å². The van der Waals surface area contributed by atoms with Crippen LogP contribution in [0.15, 0.2) is 40.9 Å². The van der Waals surface area contributed by atoms with E-state index in [-0.39, 0.29) is 12.0 Å². The van der Waals surface area contributed by atoms with Gasteiger partial charge in [0.15, 0.2) is 0 Å². The van der Waals surface area contributed by atoms with E-state index in [0.29, 0.717) is 19.1 Å². The minimum atomic E-state index is 0.0930. The first-order valence-corrected chi connectivity index (χ1v) is 8.79. The molecule has 2 aliphatic heterocycles. The van der Waals surface area contributed by atoms with Gasteiger partial charge in [0, 0.05) is 50.3 Å². The molecule has 4 rings (SSSR count). The number of hydrogen-bond donors (Lipinski definition) is 0. The molecule has 2 fully saturated rings. The van der Waals surface area contributed by atoms with Gasteiger partial charge in [-0.25, -0.2) is 0 Å². The van der Waals surface area contributed by atoms with Crippen LogP contribution in [0.3, 0.4) is 0 Å². The second kappa shape index (κ2) is 6.98. The standard InChI is InChI=1S/C19H23N3O3/c1-14-9-17(20-25-14)12-21-10-16-11-22(7-8-24-18(16)13-21)19(23)15-5-3-2-4-6-15/h2-6,9,16,18H,7-8,10-13H2,1H3/t16-,18-/m1/s1. The number of fused-ring (bicyclic) bond motifs is 1. The Morgan fingerprint density at radius 2 is 2.08 bits per heavy atom. The average molecular weight is 341 g/mol. The number of likely N-dealkylation sites (tertiary alicyclic amines) is 1. The maximum absolute atomic E-state index is 12.8. The highest BCUT2D eigenvalue weighted by Gasteiger charge is 2.37. The molecule has 2 aliphatic rings. The third-order valence-electron chi connectivity index (χ3n) is 4.97. The summed E-state index contributed by atoms with van der Waals surface area (Å²) in [4.78, 5) is 17.0. The summed E-state index contributed by atoms with van der Waals surface area (Å²) in [6.45, 7) is 6.45. The van der Waals surface area contributed by atoms with Gasteiger partial charge >= 0.3 is 0 Å². The third-order valence-corrected chi connectivity index (χ3v) is 4.97. The molecule has 132 valence electrons. The monoisotopic (exact) mass is 341 g/mol. The Hall–Kier alpha value is -2.18. The molecule has 0 radical (unpaired) electrons. The molecule has 2 atom stereocenters. The number of aromatic nitrogens is 1. The zero-order valence-electron chi connectivity index (χ0n) is 14.4. The van der Waals surface area contributed by atoms with Crippen LogP contribution in [0.25, 0.3) is 0 Å². The fourth-order valence-electron chi connectivity index (χ4n) is 3.78. The molecule has 0 saturated carbocycles. The van der Waals surface area contributed by atoms with Crippen LogP contribution in [0.4, 0.5) is 0 Å². The number of rotatable bonds is 3. The van der Waals surface area contributed by atoms with Crippen molar-refractivity contribution >= 4 is 5.91 Å². The highest BCUT2D eigenvalue weighted by molar-refractivity contribution is 5.94. The van der Waals surface area contributed by atoms with Crippen LogP contribution < -0.4 is 0 Å². The SMILES string of the molecule is Cc1cc(CN2C[C@@H]3CN(C(=O)c4ccccc4)CCO[C@@H]3C2)no1. The Balaban J connectivity index is 1.41. The lowest BCUT2D eigenvalue weighted by atomic mass is 10.1. The van der Waals surface area contributed by atoms with Crippen molar-refractivity contribution in [1.29, 1.82) is 0 Å². The van der Waals surface area contributed by atoms with E-state index in [1.807, 2.05) is 48.2 Å². The lowest BCUT2D eigenvalue weighted by Gasteiger charge is -2.23. The number of aryl methyl sites for hydroxylation is 1. The normalized spacial score (nSPS) is 24.1. The largest absolute Gasteiger partial charge is 0.375 e. The van der Waals surface area contributed by atoms with Gasteiger partial charge in [-0.1, -0.05) is 23.4 Å². The molecule has 1 aromatic heterocycles. The number of carbonyl (C=O) groups is 1. The molecule has 0 N–H and O–H groups in total. The first-order valence-electron chi connectivity index (χ1n) is 8.79. The zero-order valence-corrected chi connectivity index (χ0v) is 14.4. The van der Waals surface area contributed by atoms with Crippen molar-refractivity contribution in [3.05, 3.63) is 53.4 Å². The number of benzene rings is 1. The first-order chi connectivity index (χ1) is 12.2. The molecule has 2 aromatic rings. The van der Waals surface area contributed by atoms with Crippen molar-refractivity contribution in [1.82, 2.24) is 15.0 Å². The van der Waals surface area contributed by atoms with Crippen LogP contribution >= 0.6 is 0 Å². The molecule has 6 heteroatoms. The number of carbonyl (C=O) groups excluding carboxylic acids is 1. The van der Waals surface area contributed by atoms with Gasteiger partial charge in [-0.15, -0.1) is 0 Å². The Labute approximate surface area is 147 Å². The van der Waals surface area contributed by atoms with E-state index < -0.39 is 0 Å².